The second-order valence-electron chi connectivity index (χ2n) is 5.09. The molecule has 100 valence electrons. The first-order valence-electron chi connectivity index (χ1n) is 6.36. The predicted octanol–water partition coefficient (Wildman–Crippen LogP) is 1.84. The number of aromatic nitrogens is 1. The Morgan fingerprint density at radius 2 is 2.17 bits per heavy atom. The molecule has 4 nitrogen and oxygen atoms in total. The molecule has 0 aliphatic heterocycles. The minimum atomic E-state index is -0.0379. The van der Waals surface area contributed by atoms with Gasteiger partial charge in [0.2, 0.25) is 0 Å². The van der Waals surface area contributed by atoms with E-state index in [0.29, 0.717) is 18.2 Å². The van der Waals surface area contributed by atoms with E-state index >= 15 is 0 Å². The van der Waals surface area contributed by atoms with Crippen molar-refractivity contribution in [2.75, 3.05) is 13.6 Å². The highest BCUT2D eigenvalue weighted by molar-refractivity contribution is 5.93. The average Bonchev–Trinajstić information content (AvgIpc) is 2.35. The quantitative estimate of drug-likeness (QED) is 0.866. The summed E-state index contributed by atoms with van der Waals surface area (Å²) in [4.78, 5) is 18.0. The molecule has 0 radical (unpaired) electrons. The van der Waals surface area contributed by atoms with Crippen molar-refractivity contribution < 1.29 is 4.79 Å². The Morgan fingerprint density at radius 3 is 2.72 bits per heavy atom. The summed E-state index contributed by atoms with van der Waals surface area (Å²) in [7, 11) is 1.80. The summed E-state index contributed by atoms with van der Waals surface area (Å²) in [6.07, 6.45) is 2.46. The summed E-state index contributed by atoms with van der Waals surface area (Å²) < 4.78 is 0. The van der Waals surface area contributed by atoms with Crippen molar-refractivity contribution in [3.05, 3.63) is 29.6 Å². The van der Waals surface area contributed by atoms with Gasteiger partial charge in [0, 0.05) is 25.8 Å². The Balaban J connectivity index is 2.60. The monoisotopic (exact) mass is 249 g/mol. The fourth-order valence-corrected chi connectivity index (χ4v) is 1.67. The maximum Gasteiger partial charge on any atom is 0.272 e. The van der Waals surface area contributed by atoms with Crippen LogP contribution in [-0.4, -0.2) is 35.4 Å². The zero-order valence-electron chi connectivity index (χ0n) is 11.7. The lowest BCUT2D eigenvalue weighted by Crippen LogP contribution is -2.35. The van der Waals surface area contributed by atoms with Crippen LogP contribution >= 0.6 is 0 Å². The molecule has 0 bridgehead atoms. The van der Waals surface area contributed by atoms with Crippen molar-refractivity contribution in [3.8, 4) is 0 Å². The number of carbonyl (C=O) groups is 1. The molecule has 0 aromatic carbocycles. The van der Waals surface area contributed by atoms with Gasteiger partial charge in [-0.3, -0.25) is 9.78 Å². The van der Waals surface area contributed by atoms with Crippen LogP contribution in [0.25, 0.3) is 0 Å². The van der Waals surface area contributed by atoms with Gasteiger partial charge in [-0.1, -0.05) is 19.9 Å². The minimum Gasteiger partial charge on any atom is -0.340 e. The fourth-order valence-electron chi connectivity index (χ4n) is 1.67. The number of amides is 1. The molecule has 0 aliphatic carbocycles. The first kappa shape index (κ1) is 14.6. The van der Waals surface area contributed by atoms with E-state index < -0.39 is 0 Å². The molecule has 0 saturated carbocycles. The molecule has 1 heterocycles. The number of carbonyl (C=O) groups excluding carboxylic acids is 1. The van der Waals surface area contributed by atoms with Gasteiger partial charge in [0.05, 0.1) is 0 Å². The van der Waals surface area contributed by atoms with Crippen LogP contribution in [0.15, 0.2) is 18.3 Å². The second kappa shape index (κ2) is 6.50. The van der Waals surface area contributed by atoms with Crippen molar-refractivity contribution >= 4 is 5.91 Å². The van der Waals surface area contributed by atoms with Crippen LogP contribution in [0.2, 0.25) is 0 Å². The van der Waals surface area contributed by atoms with Gasteiger partial charge in [-0.25, -0.2) is 0 Å². The third kappa shape index (κ3) is 3.81. The van der Waals surface area contributed by atoms with E-state index in [2.05, 4.69) is 18.8 Å². The maximum atomic E-state index is 12.2. The average molecular weight is 249 g/mol. The van der Waals surface area contributed by atoms with Gasteiger partial charge in [-0.2, -0.15) is 0 Å². The smallest absolute Gasteiger partial charge is 0.272 e. The summed E-state index contributed by atoms with van der Waals surface area (Å²) >= 11 is 0. The summed E-state index contributed by atoms with van der Waals surface area (Å²) in [6, 6.07) is 3.86. The zero-order valence-corrected chi connectivity index (χ0v) is 11.7. The van der Waals surface area contributed by atoms with Gasteiger partial charge >= 0.3 is 0 Å². The molecule has 0 fully saturated rings. The lowest BCUT2D eigenvalue weighted by Gasteiger charge is -2.21. The van der Waals surface area contributed by atoms with Gasteiger partial charge in [0.25, 0.3) is 5.91 Å². The van der Waals surface area contributed by atoms with Crippen molar-refractivity contribution in [2.24, 2.45) is 11.7 Å². The number of nitrogens with two attached hydrogens (primary N) is 1. The normalized spacial score (nSPS) is 12.6. The van der Waals surface area contributed by atoms with E-state index in [1.807, 2.05) is 19.1 Å². The van der Waals surface area contributed by atoms with Crippen molar-refractivity contribution in [1.82, 2.24) is 9.88 Å². The Kier molecular flexibility index (Phi) is 5.28. The molecule has 1 amide bonds. The second-order valence-corrected chi connectivity index (χ2v) is 5.09. The highest BCUT2D eigenvalue weighted by Gasteiger charge is 2.16. The summed E-state index contributed by atoms with van der Waals surface area (Å²) in [5, 5.41) is 0. The fraction of sp³-hybridized carbons (Fsp3) is 0.571. The Morgan fingerprint density at radius 1 is 1.50 bits per heavy atom. The highest BCUT2D eigenvalue weighted by atomic mass is 16.2. The van der Waals surface area contributed by atoms with Gasteiger partial charge < -0.3 is 10.6 Å². The number of rotatable bonds is 5. The van der Waals surface area contributed by atoms with Crippen LogP contribution in [0.3, 0.4) is 0 Å². The van der Waals surface area contributed by atoms with Gasteiger partial charge in [0.1, 0.15) is 5.69 Å². The number of nitrogens with zero attached hydrogens (tertiary/aromatic N) is 2. The summed E-state index contributed by atoms with van der Waals surface area (Å²) in [5.74, 6) is 0.397. The number of hydrogen-bond donors (Lipinski definition) is 1. The topological polar surface area (TPSA) is 59.2 Å². The Hall–Kier alpha value is -1.42. The lowest BCUT2D eigenvalue weighted by atomic mass is 10.0. The van der Waals surface area contributed by atoms with Crippen LogP contribution in [-0.2, 0) is 0 Å². The number of pyridine rings is 1. The van der Waals surface area contributed by atoms with Crippen molar-refractivity contribution in [1.29, 1.82) is 0 Å². The molecule has 1 atom stereocenters. The predicted molar refractivity (Wildman–Crippen MR) is 73.4 cm³/mol. The van der Waals surface area contributed by atoms with Crippen LogP contribution in [0.4, 0.5) is 0 Å². The van der Waals surface area contributed by atoms with Crippen LogP contribution in [0.1, 0.15) is 36.3 Å². The standard InChI is InChI=1S/C14H23N3O/c1-10(2)12(15)7-9-17(4)14(18)13-11(3)6-5-8-16-13/h5-6,8,10,12H,7,9,15H2,1-4H3. The molecule has 0 spiro atoms. The van der Waals surface area contributed by atoms with Crippen LogP contribution in [0, 0.1) is 12.8 Å². The molecule has 1 aromatic heterocycles. The van der Waals surface area contributed by atoms with E-state index in [-0.39, 0.29) is 11.9 Å². The SMILES string of the molecule is Cc1cccnc1C(=O)N(C)CCC(N)C(C)C. The molecule has 4 heteroatoms. The summed E-state index contributed by atoms with van der Waals surface area (Å²) in [5.41, 5.74) is 7.41. The maximum absolute atomic E-state index is 12.2. The van der Waals surface area contributed by atoms with E-state index in [1.165, 1.54) is 0 Å². The molecular weight excluding hydrogens is 226 g/mol. The first-order valence-corrected chi connectivity index (χ1v) is 6.36. The minimum absolute atomic E-state index is 0.0379. The molecule has 0 aliphatic rings. The molecule has 18 heavy (non-hydrogen) atoms. The number of hydrogen-bond acceptors (Lipinski definition) is 3. The molecule has 0 saturated heterocycles. The molecule has 1 unspecified atom stereocenters. The van der Waals surface area contributed by atoms with Crippen molar-refractivity contribution in [3.63, 3.8) is 0 Å². The first-order chi connectivity index (χ1) is 8.43. The van der Waals surface area contributed by atoms with E-state index in [4.69, 9.17) is 5.73 Å². The third-order valence-electron chi connectivity index (χ3n) is 3.21. The molecular formula is C14H23N3O. The zero-order chi connectivity index (χ0) is 13.7. The Bertz CT molecular complexity index is 404. The molecule has 1 rings (SSSR count). The lowest BCUT2D eigenvalue weighted by molar-refractivity contribution is 0.0782. The third-order valence-corrected chi connectivity index (χ3v) is 3.21. The van der Waals surface area contributed by atoms with E-state index in [1.54, 1.807) is 18.1 Å². The van der Waals surface area contributed by atoms with Crippen molar-refractivity contribution in [2.45, 2.75) is 33.2 Å². The highest BCUT2D eigenvalue weighted by Crippen LogP contribution is 2.08. The van der Waals surface area contributed by atoms with Crippen LogP contribution in [0.5, 0.6) is 0 Å². The van der Waals surface area contributed by atoms with E-state index in [0.717, 1.165) is 12.0 Å². The van der Waals surface area contributed by atoms with Gasteiger partial charge in [-0.05, 0) is 30.9 Å². The van der Waals surface area contributed by atoms with E-state index in [9.17, 15) is 4.79 Å². The molecule has 2 N–H and O–H groups in total. The van der Waals surface area contributed by atoms with Gasteiger partial charge in [-0.15, -0.1) is 0 Å². The largest absolute Gasteiger partial charge is 0.340 e. The summed E-state index contributed by atoms with van der Waals surface area (Å²) in [6.45, 7) is 6.74. The van der Waals surface area contributed by atoms with Crippen LogP contribution < -0.4 is 5.73 Å². The molecule has 1 aromatic rings. The van der Waals surface area contributed by atoms with Gasteiger partial charge in [0.15, 0.2) is 0 Å². The number of aryl methyl sites for hydroxylation is 1. The Labute approximate surface area is 109 Å².